The van der Waals surface area contributed by atoms with E-state index < -0.39 is 30.6 Å². The smallest absolute Gasteiger partial charge is 0.344 e. The average Bonchev–Trinajstić information content (AvgIpc) is 3.50. The second-order valence-corrected chi connectivity index (χ2v) is 12.4. The number of amides is 2. The molecule has 4 heterocycles. The number of anilines is 1. The SMILES string of the molecule is CC1CCCC(n2cnc(-c3cc(Cl)ccc3-n3cc(Cl)nn3)cc2=O)c2cncc(c2)-c2ccc(CNC(=O)C(F)(F)F)cc2NC1=O. The van der Waals surface area contributed by atoms with Gasteiger partial charge in [-0.05, 0) is 54.3 Å². The third-order valence-electron chi connectivity index (χ3n) is 8.19. The van der Waals surface area contributed by atoms with Crippen molar-refractivity contribution in [1.29, 1.82) is 0 Å². The quantitative estimate of drug-likeness (QED) is 0.216. The fourth-order valence-corrected chi connectivity index (χ4v) is 5.96. The average molecular weight is 712 g/mol. The molecule has 16 heteroatoms. The van der Waals surface area contributed by atoms with Crippen LogP contribution in [0.5, 0.6) is 0 Å². The molecule has 5 aromatic rings. The van der Waals surface area contributed by atoms with E-state index >= 15 is 0 Å². The van der Waals surface area contributed by atoms with Crippen LogP contribution in [-0.4, -0.2) is 47.5 Å². The van der Waals surface area contributed by atoms with E-state index in [4.69, 9.17) is 23.2 Å². The molecule has 2 unspecified atom stereocenters. The van der Waals surface area contributed by atoms with Gasteiger partial charge in [0, 0.05) is 58.3 Å². The van der Waals surface area contributed by atoms with Crippen molar-refractivity contribution in [3.8, 4) is 28.1 Å². The molecule has 2 atom stereocenters. The van der Waals surface area contributed by atoms with Gasteiger partial charge in [0.05, 0.1) is 29.9 Å². The summed E-state index contributed by atoms with van der Waals surface area (Å²) in [5.74, 6) is -2.78. The second-order valence-electron chi connectivity index (χ2n) is 11.6. The number of fused-ring (bicyclic) bond motifs is 4. The normalized spacial score (nSPS) is 16.6. The van der Waals surface area contributed by atoms with E-state index in [1.807, 2.05) is 11.4 Å². The van der Waals surface area contributed by atoms with Gasteiger partial charge < -0.3 is 10.6 Å². The molecule has 11 nitrogen and oxygen atoms in total. The molecule has 252 valence electrons. The molecule has 0 radical (unpaired) electrons. The number of halogens is 5. The minimum absolute atomic E-state index is 0.187. The number of nitrogens with one attached hydrogen (secondary N) is 2. The van der Waals surface area contributed by atoms with Crippen molar-refractivity contribution in [3.63, 3.8) is 0 Å². The molecule has 3 aromatic heterocycles. The molecule has 0 fully saturated rings. The summed E-state index contributed by atoms with van der Waals surface area (Å²) >= 11 is 12.3. The van der Waals surface area contributed by atoms with Gasteiger partial charge >= 0.3 is 12.1 Å². The highest BCUT2D eigenvalue weighted by Gasteiger charge is 2.38. The zero-order chi connectivity index (χ0) is 34.9. The molecule has 2 N–H and O–H groups in total. The summed E-state index contributed by atoms with van der Waals surface area (Å²) in [5.41, 5.74) is 3.68. The first-order chi connectivity index (χ1) is 23.4. The summed E-state index contributed by atoms with van der Waals surface area (Å²) in [5, 5.41) is 13.2. The van der Waals surface area contributed by atoms with Crippen molar-refractivity contribution in [2.24, 2.45) is 5.92 Å². The van der Waals surface area contributed by atoms with Crippen LogP contribution in [0.1, 0.15) is 43.4 Å². The van der Waals surface area contributed by atoms with Crippen LogP contribution in [0.25, 0.3) is 28.1 Å². The highest BCUT2D eigenvalue weighted by Crippen LogP contribution is 2.34. The summed E-state index contributed by atoms with van der Waals surface area (Å²) < 4.78 is 41.2. The predicted molar refractivity (Wildman–Crippen MR) is 176 cm³/mol. The number of aromatic nitrogens is 6. The molecule has 0 spiro atoms. The van der Waals surface area contributed by atoms with Crippen molar-refractivity contribution in [2.45, 2.75) is 44.9 Å². The molecule has 0 saturated carbocycles. The third kappa shape index (κ3) is 7.50. The topological polar surface area (TPSA) is 137 Å². The van der Waals surface area contributed by atoms with Crippen molar-refractivity contribution in [3.05, 3.63) is 105 Å². The largest absolute Gasteiger partial charge is 0.471 e. The van der Waals surface area contributed by atoms with Crippen molar-refractivity contribution in [1.82, 2.24) is 34.8 Å². The van der Waals surface area contributed by atoms with Crippen molar-refractivity contribution >= 4 is 40.7 Å². The summed E-state index contributed by atoms with van der Waals surface area (Å²) in [6.45, 7) is 1.38. The van der Waals surface area contributed by atoms with Crippen molar-refractivity contribution in [2.75, 3.05) is 5.32 Å². The Bertz CT molecular complexity index is 2120. The van der Waals surface area contributed by atoms with Crippen LogP contribution < -0.4 is 16.2 Å². The lowest BCUT2D eigenvalue weighted by molar-refractivity contribution is -0.173. The van der Waals surface area contributed by atoms with E-state index in [1.165, 1.54) is 33.9 Å². The van der Waals surface area contributed by atoms with Gasteiger partial charge in [0.25, 0.3) is 5.56 Å². The van der Waals surface area contributed by atoms with E-state index in [9.17, 15) is 27.6 Å². The lowest BCUT2D eigenvalue weighted by atomic mass is 9.93. The van der Waals surface area contributed by atoms with Crippen LogP contribution >= 0.6 is 23.2 Å². The summed E-state index contributed by atoms with van der Waals surface area (Å²) in [4.78, 5) is 47.5. The van der Waals surface area contributed by atoms with Gasteiger partial charge in [-0.3, -0.25) is 23.9 Å². The van der Waals surface area contributed by atoms with Gasteiger partial charge in [0.2, 0.25) is 5.91 Å². The molecule has 6 rings (SSSR count). The van der Waals surface area contributed by atoms with Crippen LogP contribution in [0.15, 0.2) is 78.2 Å². The monoisotopic (exact) mass is 710 g/mol. The lowest BCUT2D eigenvalue weighted by Crippen LogP contribution is -2.36. The van der Waals surface area contributed by atoms with Gasteiger partial charge in [0.15, 0.2) is 5.15 Å². The first kappa shape index (κ1) is 33.8. The Balaban J connectivity index is 1.38. The minimum atomic E-state index is -5.02. The molecule has 1 aliphatic rings. The van der Waals surface area contributed by atoms with Crippen LogP contribution in [0.3, 0.4) is 0 Å². The highest BCUT2D eigenvalue weighted by molar-refractivity contribution is 6.31. The fourth-order valence-electron chi connectivity index (χ4n) is 5.66. The predicted octanol–water partition coefficient (Wildman–Crippen LogP) is 6.39. The molecule has 2 aromatic carbocycles. The van der Waals surface area contributed by atoms with Crippen LogP contribution in [-0.2, 0) is 16.1 Å². The number of hydrogen-bond donors (Lipinski definition) is 2. The molecule has 2 amide bonds. The number of carbonyl (C=O) groups excluding carboxylic acids is 2. The summed E-state index contributed by atoms with van der Waals surface area (Å²) in [7, 11) is 0. The Morgan fingerprint density at radius 2 is 1.86 bits per heavy atom. The van der Waals surface area contributed by atoms with Crippen molar-refractivity contribution < 1.29 is 22.8 Å². The Labute approximate surface area is 287 Å². The number of benzene rings is 2. The maximum Gasteiger partial charge on any atom is 0.471 e. The van der Waals surface area contributed by atoms with E-state index in [0.717, 1.165) is 0 Å². The number of carbonyl (C=O) groups is 2. The maximum atomic E-state index is 13.8. The highest BCUT2D eigenvalue weighted by atomic mass is 35.5. The second kappa shape index (κ2) is 13.8. The first-order valence-corrected chi connectivity index (χ1v) is 15.8. The van der Waals surface area contributed by atoms with E-state index in [0.29, 0.717) is 69.2 Å². The zero-order valence-electron chi connectivity index (χ0n) is 25.7. The molecular weight excluding hydrogens is 684 g/mol. The summed E-state index contributed by atoms with van der Waals surface area (Å²) in [6.07, 6.45) is 2.76. The number of nitrogens with zero attached hydrogens (tertiary/aromatic N) is 6. The zero-order valence-corrected chi connectivity index (χ0v) is 27.2. The molecule has 1 aliphatic heterocycles. The Kier molecular flexibility index (Phi) is 9.52. The number of pyridine rings is 1. The fraction of sp³-hybridized carbons (Fsp3) is 0.242. The Hall–Kier alpha value is -5.08. The third-order valence-corrected chi connectivity index (χ3v) is 8.60. The van der Waals surface area contributed by atoms with Gasteiger partial charge in [-0.15, -0.1) is 5.10 Å². The molecule has 2 bridgehead atoms. The minimum Gasteiger partial charge on any atom is -0.344 e. The Morgan fingerprint density at radius 1 is 1.04 bits per heavy atom. The Morgan fingerprint density at radius 3 is 2.59 bits per heavy atom. The molecule has 0 aliphatic carbocycles. The van der Waals surface area contributed by atoms with Gasteiger partial charge in [-0.2, -0.15) is 13.2 Å². The molecule has 0 saturated heterocycles. The number of hydrogen-bond acceptors (Lipinski definition) is 7. The van der Waals surface area contributed by atoms with Gasteiger partial charge in [-0.25, -0.2) is 9.67 Å². The van der Waals surface area contributed by atoms with Crippen LogP contribution in [0.2, 0.25) is 10.2 Å². The van der Waals surface area contributed by atoms with Gasteiger partial charge in [-0.1, -0.05) is 53.9 Å². The molecular formula is C33H27Cl2F3N8O3. The number of rotatable bonds is 5. The summed E-state index contributed by atoms with van der Waals surface area (Å²) in [6, 6.07) is 12.6. The first-order valence-electron chi connectivity index (χ1n) is 15.1. The maximum absolute atomic E-state index is 13.8. The van der Waals surface area contributed by atoms with Crippen LogP contribution in [0.4, 0.5) is 18.9 Å². The van der Waals surface area contributed by atoms with Crippen LogP contribution in [0, 0.1) is 5.92 Å². The lowest BCUT2D eigenvalue weighted by Gasteiger charge is -2.23. The number of alkyl halides is 3. The van der Waals surface area contributed by atoms with E-state index in [2.05, 4.69) is 25.6 Å². The standard InChI is InChI=1S/C33H27Cl2F3N8O3/c1-18-3-2-4-27(45-17-41-25(12-30(45)47)24-11-22(34)6-8-28(24)46-16-29(35)43-44-46)21-10-20(14-39-15-21)23-7-5-19(9-26(23)42-31(18)48)13-40-32(49)33(36,37)38/h5-12,14-18,27H,2-4,13H2,1H3,(H,40,49)(H,42,48). The molecule has 49 heavy (non-hydrogen) atoms. The van der Waals surface area contributed by atoms with E-state index in [-0.39, 0.29) is 16.6 Å². The van der Waals surface area contributed by atoms with Gasteiger partial charge in [0.1, 0.15) is 0 Å². The van der Waals surface area contributed by atoms with E-state index in [1.54, 1.807) is 49.6 Å².